The molecule has 44 nitrogen and oxygen atoms in total. The topological polar surface area (TPSA) is 574 Å². The maximum Gasteiger partial charge on any atom is 0.267 e. The van der Waals surface area contributed by atoms with Crippen molar-refractivity contribution in [2.24, 2.45) is 7.05 Å². The van der Waals surface area contributed by atoms with Gasteiger partial charge in [-0.3, -0.25) is 23.6 Å². The van der Waals surface area contributed by atoms with Crippen molar-refractivity contribution in [2.45, 2.75) is 45.6 Å². The summed E-state index contributed by atoms with van der Waals surface area (Å²) in [5.74, 6) is -1.05. The van der Waals surface area contributed by atoms with Crippen LogP contribution in [0.5, 0.6) is 23.5 Å². The second-order valence-electron chi connectivity index (χ2n) is 31.2. The highest BCUT2D eigenvalue weighted by molar-refractivity contribution is 7.93. The molecule has 17 aromatic rings. The molecule has 0 aliphatic rings. The molecule has 4 aromatic carbocycles. The zero-order valence-electron chi connectivity index (χ0n) is 79.9. The van der Waals surface area contributed by atoms with E-state index in [2.05, 4.69) is 141 Å². The number of rotatable bonds is 34. The fourth-order valence-electron chi connectivity index (χ4n) is 14.0. The van der Waals surface area contributed by atoms with E-state index >= 15 is 8.78 Å². The number of pyridine rings is 8. The highest BCUT2D eigenvalue weighted by Crippen LogP contribution is 2.42. The molecule has 13 aromatic heterocycles. The minimum Gasteiger partial charge on any atom is -0.480 e. The van der Waals surface area contributed by atoms with Gasteiger partial charge in [0.15, 0.2) is 53.8 Å². The van der Waals surface area contributed by atoms with E-state index in [1.165, 1.54) is 138 Å². The summed E-state index contributed by atoms with van der Waals surface area (Å²) in [5.41, 5.74) is 9.89. The van der Waals surface area contributed by atoms with Crippen molar-refractivity contribution in [3.05, 3.63) is 227 Å². The molecule has 2 atom stereocenters. The molecule has 148 heavy (non-hydrogen) atoms. The van der Waals surface area contributed by atoms with Crippen molar-refractivity contribution in [2.75, 3.05) is 146 Å². The molecule has 0 bridgehead atoms. The number of nitrogens with one attached hydrogen (secondary N) is 11. The van der Waals surface area contributed by atoms with E-state index in [0.29, 0.717) is 137 Å². The number of nitrogen functional groups attached to an aromatic ring is 1. The summed E-state index contributed by atoms with van der Waals surface area (Å²) in [6.07, 6.45) is 14.3. The van der Waals surface area contributed by atoms with Crippen LogP contribution >= 0.6 is 46.4 Å². The lowest BCUT2D eigenvalue weighted by molar-refractivity contribution is 0.128. The van der Waals surface area contributed by atoms with Crippen LogP contribution in [0.25, 0.3) is 88.6 Å². The molecule has 770 valence electrons. The van der Waals surface area contributed by atoms with Gasteiger partial charge in [-0.1, -0.05) is 70.7 Å². The molecule has 0 saturated heterocycles. The van der Waals surface area contributed by atoms with E-state index in [1.54, 1.807) is 109 Å². The van der Waals surface area contributed by atoms with Crippen molar-refractivity contribution in [3.63, 3.8) is 0 Å². The monoisotopic (exact) mass is 2180 g/mol. The summed E-state index contributed by atoms with van der Waals surface area (Å²) >= 11 is 23.7. The Hall–Kier alpha value is -16.0. The van der Waals surface area contributed by atoms with Crippen molar-refractivity contribution in [1.29, 1.82) is 0 Å². The lowest BCUT2D eigenvalue weighted by atomic mass is 10.0. The summed E-state index contributed by atoms with van der Waals surface area (Å²) in [4.78, 5) is 66.4. The van der Waals surface area contributed by atoms with Gasteiger partial charge in [0.1, 0.15) is 34.9 Å². The Balaban J connectivity index is 0.000000156. The van der Waals surface area contributed by atoms with Gasteiger partial charge in [-0.2, -0.15) is 25.0 Å². The number of hydrogen-bond donors (Lipinski definition) is 12. The van der Waals surface area contributed by atoms with Crippen LogP contribution in [0, 0.1) is 23.3 Å². The number of sulfonamides is 4. The van der Waals surface area contributed by atoms with E-state index < -0.39 is 63.4 Å². The Bertz CT molecular complexity index is 8160. The number of nitrogens with zero attached hydrogens (tertiary/aromatic N) is 18. The fraction of sp³-hybridized carbons (Fsp3) is 0.185. The van der Waals surface area contributed by atoms with E-state index in [4.69, 9.17) is 80.6 Å². The highest BCUT2D eigenvalue weighted by Gasteiger charge is 2.31. The van der Waals surface area contributed by atoms with Crippen molar-refractivity contribution in [1.82, 2.24) is 89.5 Å². The molecular weight excluding hydrogens is 2100 g/mol. The largest absolute Gasteiger partial charge is 0.480 e. The minimum absolute atomic E-state index is 0.0277. The van der Waals surface area contributed by atoms with Crippen molar-refractivity contribution >= 4 is 206 Å². The molecule has 0 fully saturated rings. The summed E-state index contributed by atoms with van der Waals surface area (Å²) in [7, 11) is -0.359. The molecule has 13 N–H and O–H groups in total. The number of fused-ring (bicyclic) bond motifs is 4. The lowest BCUT2D eigenvalue weighted by Gasteiger charge is -2.17. The molecule has 0 amide bonds. The summed E-state index contributed by atoms with van der Waals surface area (Å²) < 4.78 is 207. The zero-order valence-corrected chi connectivity index (χ0v) is 86.2. The molecule has 17 rings (SSSR count). The third-order valence-electron chi connectivity index (χ3n) is 21.2. The predicted molar refractivity (Wildman–Crippen MR) is 556 cm³/mol. The molecule has 0 aliphatic heterocycles. The van der Waals surface area contributed by atoms with Crippen LogP contribution in [0.4, 0.5) is 93.1 Å². The second-order valence-corrected chi connectivity index (χ2v) is 39.6. The van der Waals surface area contributed by atoms with E-state index in [1.807, 2.05) is 13.8 Å². The Kier molecular flexibility index (Phi) is 34.0. The van der Waals surface area contributed by atoms with Gasteiger partial charge in [0.05, 0.1) is 95.4 Å². The molecule has 0 spiro atoms. The first-order chi connectivity index (χ1) is 70.7. The molecule has 13 heterocycles. The van der Waals surface area contributed by atoms with Gasteiger partial charge in [-0.15, -0.1) is 0 Å². The van der Waals surface area contributed by atoms with Crippen LogP contribution < -0.4 is 80.8 Å². The Morgan fingerprint density at radius 1 is 0.365 bits per heavy atom. The third kappa shape index (κ3) is 25.6. The number of methoxy groups -OCH3 is 6. The first-order valence-electron chi connectivity index (χ1n) is 43.2. The molecule has 0 saturated carbocycles. The average molecular weight is 2180 g/mol. The second kappa shape index (κ2) is 46.6. The molecule has 0 radical (unpaired) electrons. The summed E-state index contributed by atoms with van der Waals surface area (Å²) in [6.45, 7) is 4.57. The summed E-state index contributed by atoms with van der Waals surface area (Å²) in [6, 6.07) is 27.8. The Morgan fingerprint density at radius 2 is 0.703 bits per heavy atom. The minimum atomic E-state index is -4.31. The Morgan fingerprint density at radius 3 is 1.05 bits per heavy atom. The maximum absolute atomic E-state index is 15.8. The quantitative estimate of drug-likeness (QED) is 0.0167. The third-order valence-corrected chi connectivity index (χ3v) is 27.5. The number of ether oxygens (including phenoxy) is 6. The van der Waals surface area contributed by atoms with Crippen LogP contribution in [0.1, 0.15) is 13.8 Å². The van der Waals surface area contributed by atoms with Crippen LogP contribution in [0.15, 0.2) is 203 Å². The average Bonchev–Trinajstić information content (AvgIpc) is 0.830. The standard InChI is InChI=1S/C24H21ClFN9O3S.2C24H25ClFN7O4S.C20H17ClFN7O3S/c1-27-22-17(7-13-9-29-24(33-21(13)32-22)31-15-11-30-35(2)12-15)16-5-4-6-18(20(16)26)34-39(36,37)19-8-14(25)10-28-23(19)38-3;2*1-13(36-3)10-28-22-19(7-15-11-30-24(27-2)32-21(15)31-22)14-5-17(26)9-18(6-14)33-38(34,35)20-8-16(25)12-29-23(20)37-4;1-24-18-13(6-10-8-26-20(23)28-17(10)27-18)12-4-3-5-14(16(12)22)29-33(30,31)15-7-11(21)9-25-19(15)32-2/h4-12,34H,1-3H3,(H2,27,29,31,32,33);2*5-9,11-13,33H,10H2,1-4H3,(H2,27,28,30,31,32);3-9,29H,1-2H3,(H3,23,24,26,27,28)/t;2*13-;/m.10./s1. The number of aromatic nitrogens is 18. The normalized spacial score (nSPS) is 11.8. The van der Waals surface area contributed by atoms with Crippen LogP contribution in [0.3, 0.4) is 0 Å². The van der Waals surface area contributed by atoms with Gasteiger partial charge >= 0.3 is 0 Å². The molecule has 56 heteroatoms. The van der Waals surface area contributed by atoms with Gasteiger partial charge in [0, 0.05) is 173 Å². The van der Waals surface area contributed by atoms with E-state index in [-0.39, 0.29) is 115 Å². The lowest BCUT2D eigenvalue weighted by Crippen LogP contribution is -2.19. The number of aryl methyl sites for hydroxylation is 1. The maximum atomic E-state index is 15.8. The zero-order chi connectivity index (χ0) is 106. The predicted octanol–water partition coefficient (Wildman–Crippen LogP) is 15.9. The smallest absolute Gasteiger partial charge is 0.267 e. The van der Waals surface area contributed by atoms with Gasteiger partial charge in [0.25, 0.3) is 40.1 Å². The molecule has 0 unspecified atom stereocenters. The Labute approximate surface area is 862 Å². The van der Waals surface area contributed by atoms with Crippen molar-refractivity contribution in [3.8, 4) is 68.0 Å². The highest BCUT2D eigenvalue weighted by atomic mass is 35.5. The molecule has 0 aliphatic carbocycles. The van der Waals surface area contributed by atoms with Crippen LogP contribution in [-0.4, -0.2) is 219 Å². The molecular formula is C92H88Cl4F4N30O14S4. The van der Waals surface area contributed by atoms with Gasteiger partial charge in [-0.25, -0.2) is 111 Å². The number of halogens is 8. The number of benzene rings is 4. The van der Waals surface area contributed by atoms with Gasteiger partial charge in [0.2, 0.25) is 47.3 Å². The van der Waals surface area contributed by atoms with E-state index in [0.717, 1.165) is 18.2 Å². The number of hydrogen-bond acceptors (Lipinski definition) is 39. The number of nitrogens with two attached hydrogens (primary N) is 1. The SMILES string of the molecule is CNc1nc2nc(N)ncc2cc1-c1cccc(NS(=O)(=O)c2cc(Cl)cnc2OC)c1F.CNc1nc2nc(Nc3cnn(C)c3)ncc2cc1-c1cccc(NS(=O)(=O)c2cc(Cl)cnc2OC)c1F.CNc1ncc2cc(-c3cc(F)cc(NS(=O)(=O)c4cc(Cl)cnc4OC)c3)c(NC[C@@H](C)OC)nc2n1.CNc1ncc2cc(-c3cc(F)cc(NS(=O)(=O)c4cc(Cl)cnc4OC)c3)c(NC[C@H](C)OC)nc2n1. The van der Waals surface area contributed by atoms with Crippen LogP contribution in [-0.2, 0) is 56.6 Å². The van der Waals surface area contributed by atoms with Crippen molar-refractivity contribution < 1.29 is 79.7 Å². The van der Waals surface area contributed by atoms with Gasteiger partial charge < -0.3 is 71.4 Å². The van der Waals surface area contributed by atoms with Gasteiger partial charge in [-0.05, 0) is 122 Å². The van der Waals surface area contributed by atoms with E-state index in [9.17, 15) is 42.5 Å². The first kappa shape index (κ1) is 108. The van der Waals surface area contributed by atoms with Crippen LogP contribution in [0.2, 0.25) is 20.1 Å². The number of anilines is 13. The fourth-order valence-corrected chi connectivity index (χ4v) is 19.7. The first-order valence-corrected chi connectivity index (χ1v) is 50.7. The summed E-state index contributed by atoms with van der Waals surface area (Å²) in [5, 5.41) is 27.8.